The zero-order valence-electron chi connectivity index (χ0n) is 16.2. The van der Waals surface area contributed by atoms with E-state index in [1.807, 2.05) is 4.90 Å². The first-order valence-electron chi connectivity index (χ1n) is 8.89. The summed E-state index contributed by atoms with van der Waals surface area (Å²) in [5.74, 6) is -0.358. The van der Waals surface area contributed by atoms with Crippen molar-refractivity contribution in [3.8, 4) is 0 Å². The Kier molecular flexibility index (Phi) is 6.61. The van der Waals surface area contributed by atoms with E-state index in [4.69, 9.17) is 32.7 Å². The first-order chi connectivity index (χ1) is 13.8. The van der Waals surface area contributed by atoms with Crippen LogP contribution in [0, 0.1) is 6.92 Å². The van der Waals surface area contributed by atoms with Crippen molar-refractivity contribution in [2.75, 3.05) is 32.2 Å². The monoisotopic (exact) mass is 441 g/mol. The summed E-state index contributed by atoms with van der Waals surface area (Å²) in [6.45, 7) is 2.81. The molecule has 2 atom stereocenters. The highest BCUT2D eigenvalue weighted by atomic mass is 35.5. The van der Waals surface area contributed by atoms with E-state index in [1.165, 1.54) is 13.2 Å². The Morgan fingerprint density at radius 1 is 1.28 bits per heavy atom. The van der Waals surface area contributed by atoms with Gasteiger partial charge in [0.25, 0.3) is 5.91 Å². The van der Waals surface area contributed by atoms with Gasteiger partial charge < -0.3 is 24.7 Å². The molecule has 3 heterocycles. The van der Waals surface area contributed by atoms with Gasteiger partial charge >= 0.3 is 5.97 Å². The highest BCUT2D eigenvalue weighted by molar-refractivity contribution is 6.31. The van der Waals surface area contributed by atoms with Crippen LogP contribution in [0.4, 0.5) is 5.82 Å². The van der Waals surface area contributed by atoms with E-state index in [1.54, 1.807) is 20.1 Å². The molecule has 1 fully saturated rings. The maximum absolute atomic E-state index is 12.5. The summed E-state index contributed by atoms with van der Waals surface area (Å²) in [5, 5.41) is 3.45. The first-order valence-corrected chi connectivity index (χ1v) is 9.64. The predicted molar refractivity (Wildman–Crippen MR) is 108 cm³/mol. The van der Waals surface area contributed by atoms with Crippen LogP contribution >= 0.6 is 23.2 Å². The van der Waals surface area contributed by atoms with E-state index in [2.05, 4.69) is 20.3 Å². The summed E-state index contributed by atoms with van der Waals surface area (Å²) in [6.07, 6.45) is 0.307. The second-order valence-corrected chi connectivity index (χ2v) is 7.36. The van der Waals surface area contributed by atoms with Gasteiger partial charge in [-0.2, -0.15) is 0 Å². The second kappa shape index (κ2) is 8.98. The van der Waals surface area contributed by atoms with E-state index < -0.39 is 5.97 Å². The summed E-state index contributed by atoms with van der Waals surface area (Å²) in [4.78, 5) is 37.3. The van der Waals surface area contributed by atoms with E-state index in [9.17, 15) is 9.59 Å². The van der Waals surface area contributed by atoms with Crippen LogP contribution in [0.15, 0.2) is 12.1 Å². The summed E-state index contributed by atoms with van der Waals surface area (Å²) in [5.41, 5.74) is 1.21. The van der Waals surface area contributed by atoms with Gasteiger partial charge in [0.15, 0.2) is 5.69 Å². The maximum atomic E-state index is 12.5. The number of nitrogens with zero attached hydrogens (tertiary/aromatic N) is 3. The average Bonchev–Trinajstić information content (AvgIpc) is 3.05. The fourth-order valence-corrected chi connectivity index (χ4v) is 3.54. The van der Waals surface area contributed by atoms with Crippen LogP contribution in [0.3, 0.4) is 0 Å². The fraction of sp³-hybridized carbons (Fsp3) is 0.444. The van der Waals surface area contributed by atoms with E-state index in [0.29, 0.717) is 36.0 Å². The molecule has 0 aliphatic carbocycles. The number of aryl methyl sites for hydroxylation is 1. The molecule has 2 aromatic rings. The number of aromatic amines is 1. The van der Waals surface area contributed by atoms with Gasteiger partial charge in [0.05, 0.1) is 24.3 Å². The minimum Gasteiger partial charge on any atom is -0.464 e. The number of piperidine rings is 1. The molecule has 1 aliphatic heterocycles. The van der Waals surface area contributed by atoms with Crippen molar-refractivity contribution in [2.24, 2.45) is 0 Å². The maximum Gasteiger partial charge on any atom is 0.356 e. The second-order valence-electron chi connectivity index (χ2n) is 6.62. The molecule has 9 nitrogen and oxygen atoms in total. The van der Waals surface area contributed by atoms with Crippen LogP contribution in [0.1, 0.15) is 33.1 Å². The Hall–Kier alpha value is -2.36. The average molecular weight is 442 g/mol. The highest BCUT2D eigenvalue weighted by Gasteiger charge is 2.32. The number of aromatic nitrogens is 3. The number of nitrogens with one attached hydrogen (secondary N) is 2. The number of ether oxygens (including phenoxy) is 2. The van der Waals surface area contributed by atoms with Crippen molar-refractivity contribution >= 4 is 40.9 Å². The number of esters is 1. The molecule has 0 bridgehead atoms. The largest absolute Gasteiger partial charge is 0.464 e. The number of carbonyl (C=O) groups is 2. The SMILES string of the molecule is COC(=O)c1cc(N2CC[C@@H](NC(=O)c3cc(Cl)c(C)[nH]3)[C@@H](OC)C2)nc(Cl)n1. The lowest BCUT2D eigenvalue weighted by Gasteiger charge is -2.38. The summed E-state index contributed by atoms with van der Waals surface area (Å²) < 4.78 is 10.3. The third-order valence-electron chi connectivity index (χ3n) is 4.78. The van der Waals surface area contributed by atoms with Gasteiger partial charge in [0, 0.05) is 32.0 Å². The van der Waals surface area contributed by atoms with Crippen molar-refractivity contribution in [1.82, 2.24) is 20.3 Å². The molecule has 3 rings (SSSR count). The smallest absolute Gasteiger partial charge is 0.356 e. The van der Waals surface area contributed by atoms with Crippen LogP contribution in [-0.4, -0.2) is 66.3 Å². The number of methoxy groups -OCH3 is 2. The molecule has 0 radical (unpaired) electrons. The number of hydrogen-bond acceptors (Lipinski definition) is 7. The minimum atomic E-state index is -0.596. The molecular weight excluding hydrogens is 421 g/mol. The van der Waals surface area contributed by atoms with Crippen LogP contribution in [0.5, 0.6) is 0 Å². The van der Waals surface area contributed by atoms with Crippen LogP contribution in [0.25, 0.3) is 0 Å². The third-order valence-corrected chi connectivity index (χ3v) is 5.34. The Morgan fingerprint density at radius 3 is 2.66 bits per heavy atom. The number of rotatable bonds is 5. The van der Waals surface area contributed by atoms with E-state index in [0.717, 1.165) is 5.69 Å². The molecule has 2 N–H and O–H groups in total. The lowest BCUT2D eigenvalue weighted by atomic mass is 10.0. The molecule has 1 aliphatic rings. The molecule has 11 heteroatoms. The Balaban J connectivity index is 1.72. The number of anilines is 1. The summed E-state index contributed by atoms with van der Waals surface area (Å²) in [6, 6.07) is 2.91. The number of hydrogen-bond donors (Lipinski definition) is 2. The van der Waals surface area contributed by atoms with Gasteiger partial charge in [-0.1, -0.05) is 11.6 Å². The van der Waals surface area contributed by atoms with Crippen molar-refractivity contribution in [3.63, 3.8) is 0 Å². The topological polar surface area (TPSA) is 109 Å². The first kappa shape index (κ1) is 21.4. The van der Waals surface area contributed by atoms with Crippen molar-refractivity contribution in [3.05, 3.63) is 39.5 Å². The quantitative estimate of drug-likeness (QED) is 0.540. The molecule has 0 unspecified atom stereocenters. The van der Waals surface area contributed by atoms with Crippen LogP contribution in [0.2, 0.25) is 10.3 Å². The van der Waals surface area contributed by atoms with Gasteiger partial charge in [-0.15, -0.1) is 0 Å². The third kappa shape index (κ3) is 4.80. The van der Waals surface area contributed by atoms with Gasteiger partial charge in [-0.3, -0.25) is 4.79 Å². The predicted octanol–water partition coefficient (Wildman–Crippen LogP) is 2.23. The molecule has 0 spiro atoms. The summed E-state index contributed by atoms with van der Waals surface area (Å²) >= 11 is 12.0. The number of H-pyrrole nitrogens is 1. The molecular formula is C18H21Cl2N5O4. The minimum absolute atomic E-state index is 0.0497. The summed E-state index contributed by atoms with van der Waals surface area (Å²) in [7, 11) is 2.85. The standard InChI is InChI=1S/C18H21Cl2N5O4/c1-9-10(19)6-12(21-9)16(26)22-11-4-5-25(8-14(11)28-2)15-7-13(17(27)29-3)23-18(20)24-15/h6-7,11,14,21H,4-5,8H2,1-3H3,(H,22,26)/t11-,14+/m1/s1. The Morgan fingerprint density at radius 2 is 2.03 bits per heavy atom. The Bertz CT molecular complexity index is 900. The van der Waals surface area contributed by atoms with E-state index in [-0.39, 0.29) is 29.0 Å². The zero-order valence-corrected chi connectivity index (χ0v) is 17.7. The van der Waals surface area contributed by atoms with Gasteiger partial charge in [-0.25, -0.2) is 14.8 Å². The van der Waals surface area contributed by atoms with Gasteiger partial charge in [-0.05, 0) is 31.0 Å². The molecule has 1 amide bonds. The normalized spacial score (nSPS) is 19.1. The Labute approximate surface area is 177 Å². The lowest BCUT2D eigenvalue weighted by Crippen LogP contribution is -2.55. The molecule has 29 heavy (non-hydrogen) atoms. The molecule has 156 valence electrons. The van der Waals surface area contributed by atoms with Crippen LogP contribution < -0.4 is 10.2 Å². The number of carbonyl (C=O) groups excluding carboxylic acids is 2. The van der Waals surface area contributed by atoms with Gasteiger partial charge in [0.1, 0.15) is 11.5 Å². The van der Waals surface area contributed by atoms with Crippen molar-refractivity contribution in [2.45, 2.75) is 25.5 Å². The molecule has 1 saturated heterocycles. The van der Waals surface area contributed by atoms with Crippen molar-refractivity contribution in [1.29, 1.82) is 0 Å². The molecule has 2 aromatic heterocycles. The highest BCUT2D eigenvalue weighted by Crippen LogP contribution is 2.23. The lowest BCUT2D eigenvalue weighted by molar-refractivity contribution is 0.0537. The van der Waals surface area contributed by atoms with E-state index >= 15 is 0 Å². The number of halogens is 2. The number of amides is 1. The van der Waals surface area contributed by atoms with Gasteiger partial charge in [0.2, 0.25) is 5.28 Å². The molecule has 0 aromatic carbocycles. The van der Waals surface area contributed by atoms with Crippen LogP contribution in [-0.2, 0) is 9.47 Å². The zero-order chi connectivity index (χ0) is 21.1. The fourth-order valence-electron chi connectivity index (χ4n) is 3.21. The van der Waals surface area contributed by atoms with Crippen molar-refractivity contribution < 1.29 is 19.1 Å². The molecule has 0 saturated carbocycles.